The fourth-order valence-electron chi connectivity index (χ4n) is 3.73. The number of pyridine rings is 1. The fourth-order valence-corrected chi connectivity index (χ4v) is 5.19. The van der Waals surface area contributed by atoms with Crippen molar-refractivity contribution < 1.29 is 13.2 Å². The van der Waals surface area contributed by atoms with Crippen LogP contribution in [0.25, 0.3) is 0 Å². The number of sulfonamides is 1. The average molecular weight is 401 g/mol. The van der Waals surface area contributed by atoms with E-state index in [0.717, 1.165) is 24.9 Å². The van der Waals surface area contributed by atoms with Crippen molar-refractivity contribution >= 4 is 27.4 Å². The lowest BCUT2D eigenvalue weighted by atomic mass is 10.2. The van der Waals surface area contributed by atoms with Gasteiger partial charge in [0.2, 0.25) is 15.9 Å². The monoisotopic (exact) mass is 400 g/mol. The molecule has 1 unspecified atom stereocenters. The number of nitrogens with one attached hydrogen (secondary N) is 1. The molecule has 1 amide bonds. The van der Waals surface area contributed by atoms with Crippen LogP contribution in [0, 0.1) is 0 Å². The molecule has 1 aromatic heterocycles. The molecule has 3 heterocycles. The molecule has 7 nitrogen and oxygen atoms in total. The Morgan fingerprint density at radius 3 is 2.39 bits per heavy atom. The first kappa shape index (κ1) is 18.9. The van der Waals surface area contributed by atoms with Gasteiger partial charge in [-0.05, 0) is 43.5 Å². The molecule has 0 saturated carbocycles. The SMILES string of the molecule is O=C1C(Nc2ccc(S(=O)(=O)N3CCCCC3)cn2)CCN1c1ccccc1. The van der Waals surface area contributed by atoms with Gasteiger partial charge in [0, 0.05) is 31.5 Å². The Kier molecular flexibility index (Phi) is 5.32. The summed E-state index contributed by atoms with van der Waals surface area (Å²) < 4.78 is 26.9. The van der Waals surface area contributed by atoms with Crippen LogP contribution in [-0.4, -0.2) is 49.3 Å². The molecule has 148 valence electrons. The van der Waals surface area contributed by atoms with Crippen LogP contribution in [-0.2, 0) is 14.8 Å². The van der Waals surface area contributed by atoms with Gasteiger partial charge in [-0.25, -0.2) is 13.4 Å². The first-order chi connectivity index (χ1) is 13.6. The topological polar surface area (TPSA) is 82.6 Å². The van der Waals surface area contributed by atoms with Gasteiger partial charge < -0.3 is 10.2 Å². The van der Waals surface area contributed by atoms with Crippen molar-refractivity contribution in [2.45, 2.75) is 36.6 Å². The van der Waals surface area contributed by atoms with Crippen LogP contribution in [0.1, 0.15) is 25.7 Å². The highest BCUT2D eigenvalue weighted by atomic mass is 32.2. The molecule has 28 heavy (non-hydrogen) atoms. The number of nitrogens with zero attached hydrogens (tertiary/aromatic N) is 3. The van der Waals surface area contributed by atoms with Crippen molar-refractivity contribution in [3.8, 4) is 0 Å². The zero-order chi connectivity index (χ0) is 19.6. The molecule has 0 bridgehead atoms. The van der Waals surface area contributed by atoms with Gasteiger partial charge in [-0.2, -0.15) is 4.31 Å². The standard InChI is InChI=1S/C20H24N4O3S/c25-20-18(11-14-24(20)16-7-3-1-4-8-16)22-19-10-9-17(15-21-19)28(26,27)23-12-5-2-6-13-23/h1,3-4,7-10,15,18H,2,5-6,11-14H2,(H,21,22). The number of para-hydroxylation sites is 1. The Balaban J connectivity index is 1.43. The molecule has 2 aromatic rings. The summed E-state index contributed by atoms with van der Waals surface area (Å²) in [6, 6.07) is 12.4. The lowest BCUT2D eigenvalue weighted by Crippen LogP contribution is -2.35. The lowest BCUT2D eigenvalue weighted by molar-refractivity contribution is -0.117. The fraction of sp³-hybridized carbons (Fsp3) is 0.400. The Morgan fingerprint density at radius 1 is 0.964 bits per heavy atom. The molecule has 0 aliphatic carbocycles. The minimum atomic E-state index is -3.49. The molecule has 0 radical (unpaired) electrons. The number of carbonyl (C=O) groups is 1. The molecular weight excluding hydrogens is 376 g/mol. The Morgan fingerprint density at radius 2 is 1.71 bits per heavy atom. The molecule has 2 fully saturated rings. The van der Waals surface area contributed by atoms with E-state index in [2.05, 4.69) is 10.3 Å². The Labute approximate surface area is 165 Å². The molecule has 2 aliphatic rings. The maximum atomic E-state index is 12.7. The van der Waals surface area contributed by atoms with E-state index in [9.17, 15) is 13.2 Å². The first-order valence-electron chi connectivity index (χ1n) is 9.65. The van der Waals surface area contributed by atoms with Crippen LogP contribution in [0.5, 0.6) is 0 Å². The third-order valence-electron chi connectivity index (χ3n) is 5.28. The number of piperidine rings is 1. The Hall–Kier alpha value is -2.45. The van der Waals surface area contributed by atoms with Crippen LogP contribution in [0.4, 0.5) is 11.5 Å². The lowest BCUT2D eigenvalue weighted by Gasteiger charge is -2.25. The number of benzene rings is 1. The summed E-state index contributed by atoms with van der Waals surface area (Å²) >= 11 is 0. The minimum absolute atomic E-state index is 0.00184. The third-order valence-corrected chi connectivity index (χ3v) is 7.17. The van der Waals surface area contributed by atoms with Crippen molar-refractivity contribution in [3.05, 3.63) is 48.7 Å². The van der Waals surface area contributed by atoms with Crippen LogP contribution in [0.2, 0.25) is 0 Å². The molecule has 1 N–H and O–H groups in total. The molecule has 8 heteroatoms. The summed E-state index contributed by atoms with van der Waals surface area (Å²) in [6.45, 7) is 1.77. The highest BCUT2D eigenvalue weighted by Crippen LogP contribution is 2.24. The maximum Gasteiger partial charge on any atom is 0.249 e. The van der Waals surface area contributed by atoms with E-state index < -0.39 is 10.0 Å². The van der Waals surface area contributed by atoms with Gasteiger partial charge in [-0.1, -0.05) is 24.6 Å². The van der Waals surface area contributed by atoms with Crippen molar-refractivity contribution in [1.82, 2.24) is 9.29 Å². The van der Waals surface area contributed by atoms with Crippen LogP contribution in [0.15, 0.2) is 53.6 Å². The molecule has 4 rings (SSSR count). The molecule has 0 spiro atoms. The zero-order valence-electron chi connectivity index (χ0n) is 15.6. The van der Waals surface area contributed by atoms with E-state index in [1.54, 1.807) is 17.0 Å². The number of aromatic nitrogens is 1. The van der Waals surface area contributed by atoms with Gasteiger partial charge in [0.05, 0.1) is 0 Å². The van der Waals surface area contributed by atoms with Gasteiger partial charge in [-0.15, -0.1) is 0 Å². The van der Waals surface area contributed by atoms with Crippen LogP contribution >= 0.6 is 0 Å². The summed E-state index contributed by atoms with van der Waals surface area (Å²) in [7, 11) is -3.49. The predicted molar refractivity (Wildman–Crippen MR) is 108 cm³/mol. The van der Waals surface area contributed by atoms with Crippen LogP contribution in [0.3, 0.4) is 0 Å². The van der Waals surface area contributed by atoms with Gasteiger partial charge in [-0.3, -0.25) is 4.79 Å². The average Bonchev–Trinajstić information content (AvgIpc) is 3.10. The number of carbonyl (C=O) groups excluding carboxylic acids is 1. The highest BCUT2D eigenvalue weighted by Gasteiger charge is 2.33. The smallest absolute Gasteiger partial charge is 0.249 e. The minimum Gasteiger partial charge on any atom is -0.358 e. The van der Waals surface area contributed by atoms with Gasteiger partial charge in [0.1, 0.15) is 16.8 Å². The largest absolute Gasteiger partial charge is 0.358 e. The van der Waals surface area contributed by atoms with E-state index in [4.69, 9.17) is 0 Å². The number of amides is 1. The second-order valence-electron chi connectivity index (χ2n) is 7.15. The number of hydrogen-bond acceptors (Lipinski definition) is 5. The number of rotatable bonds is 5. The number of anilines is 2. The Bertz CT molecular complexity index is 926. The normalized spacial score (nSPS) is 21.1. The van der Waals surface area contributed by atoms with E-state index in [1.165, 1.54) is 10.5 Å². The van der Waals surface area contributed by atoms with Crippen molar-refractivity contribution in [3.63, 3.8) is 0 Å². The molecule has 2 saturated heterocycles. The summed E-state index contributed by atoms with van der Waals surface area (Å²) in [6.07, 6.45) is 4.91. The predicted octanol–water partition coefficient (Wildman–Crippen LogP) is 2.47. The van der Waals surface area contributed by atoms with E-state index in [0.29, 0.717) is 31.9 Å². The van der Waals surface area contributed by atoms with E-state index in [-0.39, 0.29) is 16.8 Å². The second kappa shape index (κ2) is 7.89. The summed E-state index contributed by atoms with van der Waals surface area (Å²) in [5.41, 5.74) is 0.882. The van der Waals surface area contributed by atoms with Crippen LogP contribution < -0.4 is 10.2 Å². The van der Waals surface area contributed by atoms with Crippen molar-refractivity contribution in [2.75, 3.05) is 29.9 Å². The van der Waals surface area contributed by atoms with Crippen molar-refractivity contribution in [2.24, 2.45) is 0 Å². The maximum absolute atomic E-state index is 12.7. The summed E-state index contributed by atoms with van der Waals surface area (Å²) in [5, 5.41) is 3.14. The second-order valence-corrected chi connectivity index (χ2v) is 9.09. The van der Waals surface area contributed by atoms with Gasteiger partial charge in [0.25, 0.3) is 0 Å². The summed E-state index contributed by atoms with van der Waals surface area (Å²) in [4.78, 5) is 18.9. The third kappa shape index (κ3) is 3.74. The first-order valence-corrected chi connectivity index (χ1v) is 11.1. The molecule has 1 aromatic carbocycles. The van der Waals surface area contributed by atoms with Gasteiger partial charge in [0.15, 0.2) is 0 Å². The summed E-state index contributed by atoms with van der Waals surface area (Å²) in [5.74, 6) is 0.504. The zero-order valence-corrected chi connectivity index (χ0v) is 16.4. The van der Waals surface area contributed by atoms with Gasteiger partial charge >= 0.3 is 0 Å². The molecule has 2 aliphatic heterocycles. The van der Waals surface area contributed by atoms with E-state index in [1.807, 2.05) is 30.3 Å². The van der Waals surface area contributed by atoms with Crippen molar-refractivity contribution in [1.29, 1.82) is 0 Å². The number of hydrogen-bond donors (Lipinski definition) is 1. The molecule has 1 atom stereocenters. The highest BCUT2D eigenvalue weighted by molar-refractivity contribution is 7.89. The van der Waals surface area contributed by atoms with E-state index >= 15 is 0 Å². The molecular formula is C20H24N4O3S. The quantitative estimate of drug-likeness (QED) is 0.834.